The van der Waals surface area contributed by atoms with Gasteiger partial charge in [0.05, 0.1) is 5.52 Å². The van der Waals surface area contributed by atoms with Gasteiger partial charge in [0.15, 0.2) is 0 Å². The summed E-state index contributed by atoms with van der Waals surface area (Å²) in [5, 5.41) is 5.56. The summed E-state index contributed by atoms with van der Waals surface area (Å²) in [6.07, 6.45) is 3.78. The number of hydrogen-bond donors (Lipinski definition) is 1. The first-order valence-corrected chi connectivity index (χ1v) is 8.48. The van der Waals surface area contributed by atoms with Crippen LogP contribution >= 0.6 is 27.3 Å². The van der Waals surface area contributed by atoms with E-state index in [1.807, 2.05) is 18.5 Å². The lowest BCUT2D eigenvalue weighted by Gasteiger charge is -2.05. The molecule has 1 aromatic carbocycles. The molecule has 0 spiro atoms. The van der Waals surface area contributed by atoms with Crippen molar-refractivity contribution in [1.29, 1.82) is 0 Å². The summed E-state index contributed by atoms with van der Waals surface area (Å²) in [7, 11) is 0. The molecule has 0 aliphatic rings. The molecule has 0 saturated heterocycles. The van der Waals surface area contributed by atoms with Crippen LogP contribution in [0, 0.1) is 0 Å². The van der Waals surface area contributed by atoms with E-state index in [2.05, 4.69) is 63.3 Å². The third-order valence-corrected chi connectivity index (χ3v) is 4.91. The van der Waals surface area contributed by atoms with Crippen molar-refractivity contribution in [3.05, 3.63) is 46.0 Å². The summed E-state index contributed by atoms with van der Waals surface area (Å²) >= 11 is 5.30. The molecule has 0 unspecified atom stereocenters. The van der Waals surface area contributed by atoms with Crippen LogP contribution < -0.4 is 5.32 Å². The molecule has 21 heavy (non-hydrogen) atoms. The molecule has 0 aliphatic heterocycles. The Morgan fingerprint density at radius 3 is 2.90 bits per heavy atom. The zero-order valence-corrected chi connectivity index (χ0v) is 14.3. The molecular weight excluding hydrogens is 346 g/mol. The van der Waals surface area contributed by atoms with E-state index >= 15 is 0 Å². The van der Waals surface area contributed by atoms with Gasteiger partial charge < -0.3 is 5.32 Å². The molecular formula is C16H16BrN3S. The predicted octanol–water partition coefficient (Wildman–Crippen LogP) is 4.62. The summed E-state index contributed by atoms with van der Waals surface area (Å²) < 4.78 is 1.06. The van der Waals surface area contributed by atoms with Gasteiger partial charge in [-0.15, -0.1) is 11.3 Å². The molecule has 0 atom stereocenters. The van der Waals surface area contributed by atoms with Gasteiger partial charge in [0.1, 0.15) is 5.01 Å². The average Bonchev–Trinajstić information content (AvgIpc) is 2.94. The fourth-order valence-corrected chi connectivity index (χ4v) is 3.47. The van der Waals surface area contributed by atoms with E-state index in [0.29, 0.717) is 6.04 Å². The number of nitrogens with zero attached hydrogens (tertiary/aromatic N) is 2. The normalized spacial score (nSPS) is 11.4. The van der Waals surface area contributed by atoms with Gasteiger partial charge >= 0.3 is 0 Å². The maximum Gasteiger partial charge on any atom is 0.125 e. The van der Waals surface area contributed by atoms with E-state index in [9.17, 15) is 0 Å². The summed E-state index contributed by atoms with van der Waals surface area (Å²) in [5.41, 5.74) is 2.08. The van der Waals surface area contributed by atoms with Gasteiger partial charge in [-0.1, -0.05) is 35.8 Å². The Kier molecular flexibility index (Phi) is 4.33. The molecule has 2 aromatic heterocycles. The Labute approximate surface area is 136 Å². The Hall–Kier alpha value is -1.30. The van der Waals surface area contributed by atoms with Crippen LogP contribution in [0.25, 0.3) is 21.5 Å². The van der Waals surface area contributed by atoms with Gasteiger partial charge in [-0.25, -0.2) is 4.98 Å². The lowest BCUT2D eigenvalue weighted by Crippen LogP contribution is -2.21. The number of aromatic nitrogens is 2. The van der Waals surface area contributed by atoms with Crippen molar-refractivity contribution in [1.82, 2.24) is 15.3 Å². The molecule has 5 heteroatoms. The van der Waals surface area contributed by atoms with Crippen LogP contribution in [0.2, 0.25) is 0 Å². The van der Waals surface area contributed by atoms with Gasteiger partial charge in [0.25, 0.3) is 0 Å². The van der Waals surface area contributed by atoms with Crippen LogP contribution in [0.15, 0.2) is 41.1 Å². The van der Waals surface area contributed by atoms with Gasteiger partial charge in [-0.3, -0.25) is 4.98 Å². The highest BCUT2D eigenvalue weighted by molar-refractivity contribution is 9.10. The average molecular weight is 362 g/mol. The Bertz CT molecular complexity index is 767. The van der Waals surface area contributed by atoms with Crippen LogP contribution in [0.4, 0.5) is 0 Å². The standard InChI is InChI=1S/C16H16BrN3S/c1-10(2)19-8-11-9-20-16(21-11)13-5-6-14(17)12-4-3-7-18-15(12)13/h3-7,9-10,19H,8H2,1-2H3. The van der Waals surface area contributed by atoms with E-state index in [0.717, 1.165) is 32.5 Å². The molecule has 0 fully saturated rings. The fraction of sp³-hybridized carbons (Fsp3) is 0.250. The highest BCUT2D eigenvalue weighted by Crippen LogP contribution is 2.33. The smallest absolute Gasteiger partial charge is 0.125 e. The molecule has 0 amide bonds. The van der Waals surface area contributed by atoms with Crippen molar-refractivity contribution in [3.8, 4) is 10.6 Å². The maximum absolute atomic E-state index is 4.57. The topological polar surface area (TPSA) is 37.8 Å². The minimum Gasteiger partial charge on any atom is -0.310 e. The Morgan fingerprint density at radius 1 is 1.24 bits per heavy atom. The number of halogens is 1. The predicted molar refractivity (Wildman–Crippen MR) is 92.5 cm³/mol. The van der Waals surface area contributed by atoms with Crippen molar-refractivity contribution in [2.24, 2.45) is 0 Å². The molecule has 3 nitrogen and oxygen atoms in total. The first-order valence-electron chi connectivity index (χ1n) is 6.87. The number of pyridine rings is 1. The molecule has 3 aromatic rings. The van der Waals surface area contributed by atoms with Crippen LogP contribution in [0.1, 0.15) is 18.7 Å². The highest BCUT2D eigenvalue weighted by Gasteiger charge is 2.11. The first kappa shape index (κ1) is 14.6. The fourth-order valence-electron chi connectivity index (χ4n) is 2.13. The van der Waals surface area contributed by atoms with Crippen LogP contribution in [0.5, 0.6) is 0 Å². The zero-order valence-electron chi connectivity index (χ0n) is 11.9. The lowest BCUT2D eigenvalue weighted by molar-refractivity contribution is 0.593. The quantitative estimate of drug-likeness (QED) is 0.736. The summed E-state index contributed by atoms with van der Waals surface area (Å²) in [6, 6.07) is 8.65. The van der Waals surface area contributed by atoms with Crippen molar-refractivity contribution in [2.45, 2.75) is 26.4 Å². The van der Waals surface area contributed by atoms with E-state index < -0.39 is 0 Å². The summed E-state index contributed by atoms with van der Waals surface area (Å²) in [4.78, 5) is 10.3. The maximum atomic E-state index is 4.57. The van der Waals surface area contributed by atoms with Gasteiger partial charge in [0.2, 0.25) is 0 Å². The second-order valence-electron chi connectivity index (χ2n) is 5.16. The molecule has 0 radical (unpaired) electrons. The van der Waals surface area contributed by atoms with Crippen molar-refractivity contribution in [3.63, 3.8) is 0 Å². The lowest BCUT2D eigenvalue weighted by atomic mass is 10.1. The largest absolute Gasteiger partial charge is 0.310 e. The van der Waals surface area contributed by atoms with Crippen molar-refractivity contribution in [2.75, 3.05) is 0 Å². The third kappa shape index (κ3) is 3.15. The van der Waals surface area contributed by atoms with Gasteiger partial charge in [-0.2, -0.15) is 0 Å². The SMILES string of the molecule is CC(C)NCc1cnc(-c2ccc(Br)c3cccnc23)s1. The molecule has 3 rings (SSSR count). The van der Waals surface area contributed by atoms with Gasteiger partial charge in [0, 0.05) is 45.3 Å². The molecule has 1 N–H and O–H groups in total. The van der Waals surface area contributed by atoms with E-state index in [-0.39, 0.29) is 0 Å². The number of hydrogen-bond acceptors (Lipinski definition) is 4. The monoisotopic (exact) mass is 361 g/mol. The molecule has 2 heterocycles. The summed E-state index contributed by atoms with van der Waals surface area (Å²) in [5.74, 6) is 0. The molecule has 0 aliphatic carbocycles. The van der Waals surface area contributed by atoms with Crippen LogP contribution in [0.3, 0.4) is 0 Å². The van der Waals surface area contributed by atoms with E-state index in [1.165, 1.54) is 4.88 Å². The third-order valence-electron chi connectivity index (χ3n) is 3.18. The molecule has 108 valence electrons. The van der Waals surface area contributed by atoms with Crippen LogP contribution in [-0.4, -0.2) is 16.0 Å². The Morgan fingerprint density at radius 2 is 2.10 bits per heavy atom. The number of nitrogens with one attached hydrogen (secondary N) is 1. The number of fused-ring (bicyclic) bond motifs is 1. The van der Waals surface area contributed by atoms with E-state index in [4.69, 9.17) is 0 Å². The summed E-state index contributed by atoms with van der Waals surface area (Å²) in [6.45, 7) is 5.15. The van der Waals surface area contributed by atoms with Crippen molar-refractivity contribution < 1.29 is 0 Å². The number of thiazole rings is 1. The second kappa shape index (κ2) is 6.22. The Balaban J connectivity index is 1.99. The van der Waals surface area contributed by atoms with E-state index in [1.54, 1.807) is 11.3 Å². The zero-order chi connectivity index (χ0) is 14.8. The number of benzene rings is 1. The minimum absolute atomic E-state index is 0.478. The molecule has 0 saturated carbocycles. The minimum atomic E-state index is 0.478. The van der Waals surface area contributed by atoms with Crippen LogP contribution in [-0.2, 0) is 6.54 Å². The number of rotatable bonds is 4. The first-order chi connectivity index (χ1) is 10.1. The van der Waals surface area contributed by atoms with Crippen molar-refractivity contribution >= 4 is 38.2 Å². The highest BCUT2D eigenvalue weighted by atomic mass is 79.9. The van der Waals surface area contributed by atoms with Gasteiger partial charge in [-0.05, 0) is 18.2 Å². The second-order valence-corrected chi connectivity index (χ2v) is 7.13. The molecule has 0 bridgehead atoms.